The average Bonchev–Trinajstić information content (AvgIpc) is 2.67. The van der Waals surface area contributed by atoms with Gasteiger partial charge in [0.25, 0.3) is 15.9 Å². The van der Waals surface area contributed by atoms with Crippen LogP contribution in [-0.2, 0) is 10.0 Å². The highest BCUT2D eigenvalue weighted by Crippen LogP contribution is 2.23. The van der Waals surface area contributed by atoms with E-state index in [-0.39, 0.29) is 16.8 Å². The van der Waals surface area contributed by atoms with Crippen molar-refractivity contribution in [3.8, 4) is 0 Å². The number of rotatable bonds is 6. The third-order valence-electron chi connectivity index (χ3n) is 4.88. The van der Waals surface area contributed by atoms with Gasteiger partial charge in [0.2, 0.25) is 0 Å². The number of carboxylic acids is 1. The smallest absolute Gasteiger partial charge is 0.341 e. The Morgan fingerprint density at radius 2 is 1.53 bits per heavy atom. The van der Waals surface area contributed by atoms with E-state index >= 15 is 0 Å². The van der Waals surface area contributed by atoms with Gasteiger partial charge in [0.05, 0.1) is 10.6 Å². The van der Waals surface area contributed by atoms with E-state index in [2.05, 4.69) is 5.32 Å². The highest BCUT2D eigenvalue weighted by Gasteiger charge is 2.22. The first-order valence-corrected chi connectivity index (χ1v) is 10.8. The number of aromatic carboxylic acids is 1. The van der Waals surface area contributed by atoms with E-state index in [1.807, 2.05) is 4.72 Å². The second-order valence-corrected chi connectivity index (χ2v) is 8.74. The molecule has 0 aliphatic heterocycles. The molecule has 3 rings (SSSR count). The molecular formula is C20H20F2N2O5S. The van der Waals surface area contributed by atoms with E-state index in [4.69, 9.17) is 5.11 Å². The van der Waals surface area contributed by atoms with Gasteiger partial charge in [0.1, 0.15) is 17.2 Å². The number of carbonyl (C=O) groups is 2. The third-order valence-corrected chi connectivity index (χ3v) is 6.27. The van der Waals surface area contributed by atoms with Crippen LogP contribution in [0.25, 0.3) is 0 Å². The molecule has 2 aromatic carbocycles. The first kappa shape index (κ1) is 21.7. The Morgan fingerprint density at radius 3 is 2.07 bits per heavy atom. The molecule has 0 atom stereocenters. The minimum absolute atomic E-state index is 0.106. The maximum absolute atomic E-state index is 13.8. The summed E-state index contributed by atoms with van der Waals surface area (Å²) in [4.78, 5) is 22.9. The van der Waals surface area contributed by atoms with E-state index in [0.717, 1.165) is 32.1 Å². The van der Waals surface area contributed by atoms with Gasteiger partial charge in [0.15, 0.2) is 0 Å². The van der Waals surface area contributed by atoms with E-state index in [0.29, 0.717) is 17.7 Å². The summed E-state index contributed by atoms with van der Waals surface area (Å²) in [6.07, 6.45) is 5.09. The van der Waals surface area contributed by atoms with Crippen LogP contribution in [0.3, 0.4) is 0 Å². The van der Waals surface area contributed by atoms with Gasteiger partial charge >= 0.3 is 5.97 Å². The van der Waals surface area contributed by atoms with Crippen LogP contribution in [-0.4, -0.2) is 31.4 Å². The summed E-state index contributed by atoms with van der Waals surface area (Å²) < 4.78 is 54.5. The first-order chi connectivity index (χ1) is 14.2. The fourth-order valence-electron chi connectivity index (χ4n) is 3.35. The van der Waals surface area contributed by atoms with Crippen molar-refractivity contribution in [1.82, 2.24) is 5.32 Å². The first-order valence-electron chi connectivity index (χ1n) is 9.33. The molecule has 0 unspecified atom stereocenters. The normalized spacial score (nSPS) is 14.9. The summed E-state index contributed by atoms with van der Waals surface area (Å²) in [7, 11) is -4.21. The van der Waals surface area contributed by atoms with Crippen molar-refractivity contribution in [2.75, 3.05) is 4.72 Å². The Balaban J connectivity index is 1.73. The zero-order valence-corrected chi connectivity index (χ0v) is 16.6. The number of sulfonamides is 1. The maximum Gasteiger partial charge on any atom is 0.341 e. The zero-order valence-electron chi connectivity index (χ0n) is 15.8. The Kier molecular flexibility index (Phi) is 6.35. The van der Waals surface area contributed by atoms with E-state index in [1.54, 1.807) is 0 Å². The van der Waals surface area contributed by atoms with Crippen molar-refractivity contribution in [3.05, 3.63) is 59.2 Å². The Morgan fingerprint density at radius 1 is 0.967 bits per heavy atom. The van der Waals surface area contributed by atoms with Gasteiger partial charge in [-0.1, -0.05) is 19.3 Å². The number of carbonyl (C=O) groups excluding carboxylic acids is 1. The van der Waals surface area contributed by atoms with E-state index in [9.17, 15) is 26.8 Å². The molecule has 1 saturated carbocycles. The highest BCUT2D eigenvalue weighted by atomic mass is 32.2. The second-order valence-electron chi connectivity index (χ2n) is 7.06. The van der Waals surface area contributed by atoms with Crippen molar-refractivity contribution in [3.63, 3.8) is 0 Å². The van der Waals surface area contributed by atoms with Gasteiger partial charge in [-0.2, -0.15) is 0 Å². The molecule has 0 heterocycles. The van der Waals surface area contributed by atoms with Gasteiger partial charge in [-0.05, 0) is 49.2 Å². The van der Waals surface area contributed by atoms with Gasteiger partial charge in [-0.3, -0.25) is 9.52 Å². The van der Waals surface area contributed by atoms with Gasteiger partial charge < -0.3 is 10.4 Å². The Labute approximate surface area is 172 Å². The zero-order chi connectivity index (χ0) is 21.9. The molecule has 0 aromatic heterocycles. The number of carboxylic acid groups (broad SMARTS) is 1. The molecule has 0 bridgehead atoms. The van der Waals surface area contributed by atoms with Crippen LogP contribution >= 0.6 is 0 Å². The number of anilines is 1. The van der Waals surface area contributed by atoms with Crippen LogP contribution < -0.4 is 10.0 Å². The van der Waals surface area contributed by atoms with Crippen LogP contribution in [0.1, 0.15) is 52.8 Å². The monoisotopic (exact) mass is 438 g/mol. The summed E-state index contributed by atoms with van der Waals surface area (Å²) in [6.45, 7) is 0. The average molecular weight is 438 g/mol. The van der Waals surface area contributed by atoms with Crippen molar-refractivity contribution < 1.29 is 31.9 Å². The van der Waals surface area contributed by atoms with Gasteiger partial charge in [0, 0.05) is 11.6 Å². The van der Waals surface area contributed by atoms with Gasteiger partial charge in [-0.15, -0.1) is 0 Å². The lowest BCUT2D eigenvalue weighted by Gasteiger charge is -2.22. The largest absolute Gasteiger partial charge is 0.477 e. The van der Waals surface area contributed by atoms with Crippen LogP contribution in [0, 0.1) is 11.6 Å². The second kappa shape index (κ2) is 8.78. The fourth-order valence-corrected chi connectivity index (χ4v) is 4.39. The van der Waals surface area contributed by atoms with Crippen molar-refractivity contribution in [2.24, 2.45) is 0 Å². The van der Waals surface area contributed by atoms with Gasteiger partial charge in [-0.25, -0.2) is 22.0 Å². The lowest BCUT2D eigenvalue weighted by molar-refractivity contribution is 0.0686. The molecule has 0 radical (unpaired) electrons. The van der Waals surface area contributed by atoms with Crippen LogP contribution in [0.5, 0.6) is 0 Å². The standard InChI is InChI=1S/C20H20F2N2O5S/c21-16-10-14(11-17(22)18(16)20(26)27)24-30(28,29)15-8-6-12(7-9-15)19(25)23-13-4-2-1-3-5-13/h6-11,13,24H,1-5H2,(H,23,25)(H,26,27). The minimum atomic E-state index is -4.21. The lowest BCUT2D eigenvalue weighted by atomic mass is 9.95. The fraction of sp³-hybridized carbons (Fsp3) is 0.300. The van der Waals surface area contributed by atoms with Crippen molar-refractivity contribution >= 4 is 27.6 Å². The molecule has 160 valence electrons. The molecule has 3 N–H and O–H groups in total. The SMILES string of the molecule is O=C(NC1CCCCC1)c1ccc(S(=O)(=O)Nc2cc(F)c(C(=O)O)c(F)c2)cc1. The van der Waals surface area contributed by atoms with Crippen molar-refractivity contribution in [1.29, 1.82) is 0 Å². The minimum Gasteiger partial charge on any atom is -0.477 e. The molecule has 7 nitrogen and oxygen atoms in total. The molecule has 10 heteroatoms. The Hall–Kier alpha value is -3.01. The van der Waals surface area contributed by atoms with Crippen LogP contribution in [0.4, 0.5) is 14.5 Å². The third kappa shape index (κ3) is 4.93. The summed E-state index contributed by atoms with van der Waals surface area (Å²) >= 11 is 0. The number of amides is 1. The predicted octanol–water partition coefficient (Wildman–Crippen LogP) is 3.53. The van der Waals surface area contributed by atoms with Crippen LogP contribution in [0.15, 0.2) is 41.3 Å². The molecule has 30 heavy (non-hydrogen) atoms. The molecule has 0 saturated heterocycles. The number of halogens is 2. The summed E-state index contributed by atoms with van der Waals surface area (Å²) in [6, 6.07) is 6.37. The number of hydrogen-bond donors (Lipinski definition) is 3. The molecule has 1 aliphatic carbocycles. The lowest BCUT2D eigenvalue weighted by Crippen LogP contribution is -2.36. The quantitative estimate of drug-likeness (QED) is 0.639. The van der Waals surface area contributed by atoms with Crippen LogP contribution in [0.2, 0.25) is 0 Å². The van der Waals surface area contributed by atoms with Crippen molar-refractivity contribution in [2.45, 2.75) is 43.0 Å². The summed E-state index contributed by atoms with van der Waals surface area (Å²) in [5.74, 6) is -4.92. The summed E-state index contributed by atoms with van der Waals surface area (Å²) in [5, 5.41) is 11.7. The molecule has 1 fully saturated rings. The molecule has 0 spiro atoms. The molecule has 2 aromatic rings. The van der Waals surface area contributed by atoms with E-state index < -0.39 is 38.9 Å². The number of benzene rings is 2. The molecular weight excluding hydrogens is 418 g/mol. The number of nitrogens with one attached hydrogen (secondary N) is 2. The maximum atomic E-state index is 13.8. The summed E-state index contributed by atoms with van der Waals surface area (Å²) in [5.41, 5.74) is -1.34. The molecule has 1 aliphatic rings. The van der Waals surface area contributed by atoms with E-state index in [1.165, 1.54) is 24.3 Å². The Bertz CT molecular complexity index is 1040. The highest BCUT2D eigenvalue weighted by molar-refractivity contribution is 7.92. The molecule has 1 amide bonds. The topological polar surface area (TPSA) is 113 Å². The number of hydrogen-bond acceptors (Lipinski definition) is 4. The predicted molar refractivity (Wildman–Crippen MR) is 105 cm³/mol.